The lowest BCUT2D eigenvalue weighted by Crippen LogP contribution is -2.58. The molecule has 1 amide bonds. The minimum atomic E-state index is -0.414. The molecule has 1 aromatic heterocycles. The van der Waals surface area contributed by atoms with Crippen molar-refractivity contribution in [3.8, 4) is 0 Å². The average molecular weight is 317 g/mol. The van der Waals surface area contributed by atoms with Crippen molar-refractivity contribution in [1.29, 1.82) is 0 Å². The molecule has 0 unspecified atom stereocenters. The number of carbonyl (C=O) groups is 1. The van der Waals surface area contributed by atoms with Crippen LogP contribution in [0.1, 0.15) is 38.2 Å². The fraction of sp³-hybridized carbons (Fsp3) is 0.571. The Kier molecular flexibility index (Phi) is 4.02. The summed E-state index contributed by atoms with van der Waals surface area (Å²) in [6.45, 7) is 8.81. The molecular weight excluding hydrogens is 299 g/mol. The van der Waals surface area contributed by atoms with E-state index in [4.69, 9.17) is 27.9 Å². The molecule has 0 saturated carbocycles. The molecule has 0 spiro atoms. The van der Waals surface area contributed by atoms with Gasteiger partial charge in [0.05, 0.1) is 16.2 Å². The van der Waals surface area contributed by atoms with Crippen molar-refractivity contribution in [3.05, 3.63) is 28.0 Å². The molecule has 0 bridgehead atoms. The third-order valence-electron chi connectivity index (χ3n) is 3.00. The SMILES string of the molecule is CC1(C)CN(C(=O)c2nc(Cl)ccc2Cl)CC(C)(C)O1. The highest BCUT2D eigenvalue weighted by Gasteiger charge is 2.40. The molecule has 20 heavy (non-hydrogen) atoms. The number of carbonyl (C=O) groups excluding carboxylic acids is 1. The minimum absolute atomic E-state index is 0.188. The van der Waals surface area contributed by atoms with E-state index in [1.165, 1.54) is 0 Å². The van der Waals surface area contributed by atoms with Gasteiger partial charge >= 0.3 is 0 Å². The highest BCUT2D eigenvalue weighted by Crippen LogP contribution is 2.29. The molecule has 1 aliphatic heterocycles. The zero-order valence-electron chi connectivity index (χ0n) is 12.0. The van der Waals surface area contributed by atoms with Crippen LogP contribution >= 0.6 is 23.2 Å². The third-order valence-corrected chi connectivity index (χ3v) is 3.51. The first-order valence-corrected chi connectivity index (χ1v) is 7.17. The van der Waals surface area contributed by atoms with E-state index in [2.05, 4.69) is 4.98 Å². The van der Waals surface area contributed by atoms with Crippen LogP contribution in [-0.4, -0.2) is 40.1 Å². The topological polar surface area (TPSA) is 42.4 Å². The lowest BCUT2D eigenvalue weighted by Gasteiger charge is -2.47. The number of rotatable bonds is 1. The summed E-state index contributed by atoms with van der Waals surface area (Å²) in [6, 6.07) is 3.15. The van der Waals surface area contributed by atoms with Crippen LogP contribution in [0.4, 0.5) is 0 Å². The Hall–Kier alpha value is -0.840. The van der Waals surface area contributed by atoms with E-state index in [9.17, 15) is 4.79 Å². The molecule has 0 radical (unpaired) electrons. The molecule has 1 fully saturated rings. The van der Waals surface area contributed by atoms with Crippen molar-refractivity contribution in [2.75, 3.05) is 13.1 Å². The summed E-state index contributed by atoms with van der Waals surface area (Å²) in [5.41, 5.74) is -0.641. The van der Waals surface area contributed by atoms with Gasteiger partial charge in [-0.2, -0.15) is 0 Å². The predicted octanol–water partition coefficient (Wildman–Crippen LogP) is 3.42. The fourth-order valence-electron chi connectivity index (χ4n) is 2.65. The summed E-state index contributed by atoms with van der Waals surface area (Å²) in [4.78, 5) is 18.4. The van der Waals surface area contributed by atoms with Crippen molar-refractivity contribution >= 4 is 29.1 Å². The molecule has 0 aliphatic carbocycles. The third kappa shape index (κ3) is 3.43. The van der Waals surface area contributed by atoms with Gasteiger partial charge in [0.15, 0.2) is 0 Å². The number of pyridine rings is 1. The van der Waals surface area contributed by atoms with Crippen LogP contribution in [0.2, 0.25) is 10.2 Å². The van der Waals surface area contributed by atoms with Crippen molar-refractivity contribution in [1.82, 2.24) is 9.88 Å². The maximum absolute atomic E-state index is 12.6. The number of ether oxygens (including phenoxy) is 1. The zero-order valence-corrected chi connectivity index (χ0v) is 13.5. The number of hydrogen-bond acceptors (Lipinski definition) is 3. The number of hydrogen-bond donors (Lipinski definition) is 0. The lowest BCUT2D eigenvalue weighted by atomic mass is 9.98. The summed E-state index contributed by atoms with van der Waals surface area (Å²) in [7, 11) is 0. The van der Waals surface area contributed by atoms with E-state index < -0.39 is 11.2 Å². The molecule has 2 heterocycles. The zero-order chi connectivity index (χ0) is 15.1. The van der Waals surface area contributed by atoms with Crippen molar-refractivity contribution in [3.63, 3.8) is 0 Å². The maximum Gasteiger partial charge on any atom is 0.274 e. The normalized spacial score (nSPS) is 20.8. The van der Waals surface area contributed by atoms with E-state index in [1.807, 2.05) is 27.7 Å². The van der Waals surface area contributed by atoms with Gasteiger partial charge in [-0.1, -0.05) is 23.2 Å². The second-order valence-corrected chi connectivity index (χ2v) is 7.04. The first kappa shape index (κ1) is 15.5. The summed E-state index contributed by atoms with van der Waals surface area (Å²) in [5, 5.41) is 0.561. The van der Waals surface area contributed by atoms with E-state index in [0.717, 1.165) is 0 Å². The van der Waals surface area contributed by atoms with Crippen molar-refractivity contribution < 1.29 is 9.53 Å². The van der Waals surface area contributed by atoms with E-state index >= 15 is 0 Å². The first-order chi connectivity index (χ1) is 9.10. The summed E-state index contributed by atoms with van der Waals surface area (Å²) < 4.78 is 5.96. The standard InChI is InChI=1S/C14H18Cl2N2O2/c1-13(2)7-18(8-14(3,4)20-13)12(19)11-9(15)5-6-10(16)17-11/h5-6H,7-8H2,1-4H3. The summed E-state index contributed by atoms with van der Waals surface area (Å²) in [5.74, 6) is -0.220. The molecule has 0 N–H and O–H groups in total. The monoisotopic (exact) mass is 316 g/mol. The van der Waals surface area contributed by atoms with Crippen LogP contribution in [0.25, 0.3) is 0 Å². The van der Waals surface area contributed by atoms with Crippen molar-refractivity contribution in [2.45, 2.75) is 38.9 Å². The Morgan fingerprint density at radius 2 is 1.75 bits per heavy atom. The number of nitrogens with zero attached hydrogens (tertiary/aromatic N) is 2. The van der Waals surface area contributed by atoms with E-state index in [1.54, 1.807) is 17.0 Å². The van der Waals surface area contributed by atoms with Gasteiger partial charge in [-0.05, 0) is 39.8 Å². The van der Waals surface area contributed by atoms with Gasteiger partial charge in [-0.25, -0.2) is 4.98 Å². The Balaban J connectivity index is 2.31. The quantitative estimate of drug-likeness (QED) is 0.745. The van der Waals surface area contributed by atoms with Gasteiger partial charge in [0, 0.05) is 13.1 Å². The molecule has 1 aliphatic rings. The van der Waals surface area contributed by atoms with Crippen LogP contribution in [0.15, 0.2) is 12.1 Å². The van der Waals surface area contributed by atoms with Gasteiger partial charge < -0.3 is 9.64 Å². The van der Waals surface area contributed by atoms with Gasteiger partial charge in [0.1, 0.15) is 10.8 Å². The molecule has 0 atom stereocenters. The second-order valence-electron chi connectivity index (χ2n) is 6.25. The van der Waals surface area contributed by atoms with Crippen LogP contribution in [0, 0.1) is 0 Å². The van der Waals surface area contributed by atoms with Crippen LogP contribution in [0.3, 0.4) is 0 Å². The summed E-state index contributed by atoms with van der Waals surface area (Å²) >= 11 is 11.9. The Morgan fingerprint density at radius 3 is 2.30 bits per heavy atom. The number of amides is 1. The molecule has 1 aromatic rings. The van der Waals surface area contributed by atoms with Crippen LogP contribution < -0.4 is 0 Å². The van der Waals surface area contributed by atoms with E-state index in [-0.39, 0.29) is 16.8 Å². The maximum atomic E-state index is 12.6. The van der Waals surface area contributed by atoms with Gasteiger partial charge in [0.2, 0.25) is 0 Å². The second kappa shape index (κ2) is 5.17. The average Bonchev–Trinajstić information content (AvgIpc) is 2.27. The fourth-order valence-corrected chi connectivity index (χ4v) is 2.98. The van der Waals surface area contributed by atoms with Crippen LogP contribution in [-0.2, 0) is 4.74 Å². The number of halogens is 2. The molecule has 0 aromatic carbocycles. The molecule has 110 valence electrons. The number of morpholine rings is 1. The smallest absolute Gasteiger partial charge is 0.274 e. The molecule has 2 rings (SSSR count). The molecule has 6 heteroatoms. The highest BCUT2D eigenvalue weighted by molar-refractivity contribution is 6.34. The Bertz CT molecular complexity index is 528. The molecular formula is C14H18Cl2N2O2. The summed E-state index contributed by atoms with van der Waals surface area (Å²) in [6.07, 6.45) is 0. The Morgan fingerprint density at radius 1 is 1.20 bits per heavy atom. The largest absolute Gasteiger partial charge is 0.366 e. The van der Waals surface area contributed by atoms with Gasteiger partial charge in [0.25, 0.3) is 5.91 Å². The molecule has 4 nitrogen and oxygen atoms in total. The minimum Gasteiger partial charge on any atom is -0.366 e. The van der Waals surface area contributed by atoms with E-state index in [0.29, 0.717) is 18.1 Å². The first-order valence-electron chi connectivity index (χ1n) is 6.41. The van der Waals surface area contributed by atoms with Crippen LogP contribution in [0.5, 0.6) is 0 Å². The molecule has 1 saturated heterocycles. The van der Waals surface area contributed by atoms with Gasteiger partial charge in [-0.15, -0.1) is 0 Å². The van der Waals surface area contributed by atoms with Crippen molar-refractivity contribution in [2.24, 2.45) is 0 Å². The number of aromatic nitrogens is 1. The predicted molar refractivity (Wildman–Crippen MR) is 79.4 cm³/mol. The Labute approximate surface area is 129 Å². The highest BCUT2D eigenvalue weighted by atomic mass is 35.5. The lowest BCUT2D eigenvalue weighted by molar-refractivity contribution is -0.171. The van der Waals surface area contributed by atoms with Gasteiger partial charge in [-0.3, -0.25) is 4.79 Å².